The van der Waals surface area contributed by atoms with Crippen LogP contribution in [0.4, 0.5) is 5.69 Å². The average molecular weight is 314 g/mol. The lowest BCUT2D eigenvalue weighted by molar-refractivity contribution is 0.242. The van der Waals surface area contributed by atoms with Gasteiger partial charge >= 0.3 is 0 Å². The molecule has 0 aromatic heterocycles. The highest BCUT2D eigenvalue weighted by Crippen LogP contribution is 2.19. The predicted octanol–water partition coefficient (Wildman–Crippen LogP) is 4.52. The molecule has 0 aliphatic rings. The number of rotatable bonds is 5. The molecule has 2 aromatic carbocycles. The van der Waals surface area contributed by atoms with E-state index in [4.69, 9.17) is 17.0 Å². The second kappa shape index (κ2) is 7.80. The van der Waals surface area contributed by atoms with Crippen LogP contribution < -0.4 is 15.4 Å². The van der Waals surface area contributed by atoms with Crippen LogP contribution in [0.25, 0.3) is 0 Å². The van der Waals surface area contributed by atoms with Crippen molar-refractivity contribution in [3.63, 3.8) is 0 Å². The van der Waals surface area contributed by atoms with Gasteiger partial charge in [0.1, 0.15) is 5.75 Å². The fourth-order valence-electron chi connectivity index (χ4n) is 2.11. The quantitative estimate of drug-likeness (QED) is 0.795. The largest absolute Gasteiger partial charge is 0.491 e. The SMILES string of the molecule is CC(C)Oc1cccc(NC(=S)N[C@@H](C)c2ccccc2)c1. The molecule has 3 nitrogen and oxygen atoms in total. The number of nitrogens with one attached hydrogen (secondary N) is 2. The lowest BCUT2D eigenvalue weighted by Gasteiger charge is -2.18. The fraction of sp³-hybridized carbons (Fsp3) is 0.278. The molecule has 0 aliphatic carbocycles. The van der Waals surface area contributed by atoms with E-state index in [1.807, 2.05) is 56.3 Å². The monoisotopic (exact) mass is 314 g/mol. The predicted molar refractivity (Wildman–Crippen MR) is 96.4 cm³/mol. The first-order chi connectivity index (χ1) is 10.5. The Morgan fingerprint density at radius 2 is 1.73 bits per heavy atom. The van der Waals surface area contributed by atoms with E-state index in [9.17, 15) is 0 Å². The molecule has 0 saturated carbocycles. The Morgan fingerprint density at radius 3 is 2.41 bits per heavy atom. The Balaban J connectivity index is 1.94. The van der Waals surface area contributed by atoms with Crippen LogP contribution in [0.15, 0.2) is 54.6 Å². The van der Waals surface area contributed by atoms with Crippen molar-refractivity contribution in [2.24, 2.45) is 0 Å². The van der Waals surface area contributed by atoms with E-state index >= 15 is 0 Å². The van der Waals surface area contributed by atoms with Crippen LogP contribution >= 0.6 is 12.2 Å². The van der Waals surface area contributed by atoms with Crippen LogP contribution in [0.5, 0.6) is 5.75 Å². The molecule has 0 saturated heterocycles. The number of hydrogen-bond acceptors (Lipinski definition) is 2. The number of benzene rings is 2. The molecule has 1 atom stereocenters. The molecule has 116 valence electrons. The van der Waals surface area contributed by atoms with E-state index in [-0.39, 0.29) is 12.1 Å². The van der Waals surface area contributed by atoms with Gasteiger partial charge in [0.15, 0.2) is 5.11 Å². The number of hydrogen-bond donors (Lipinski definition) is 2. The first kappa shape index (κ1) is 16.3. The van der Waals surface area contributed by atoms with Gasteiger partial charge in [0.2, 0.25) is 0 Å². The Hall–Kier alpha value is -2.07. The molecule has 0 amide bonds. The van der Waals surface area contributed by atoms with Gasteiger partial charge in [0.25, 0.3) is 0 Å². The third-order valence-corrected chi connectivity index (χ3v) is 3.33. The van der Waals surface area contributed by atoms with Crippen LogP contribution in [0, 0.1) is 0 Å². The number of thiocarbonyl (C=S) groups is 1. The van der Waals surface area contributed by atoms with Gasteiger partial charge in [-0.25, -0.2) is 0 Å². The first-order valence-corrected chi connectivity index (χ1v) is 7.84. The minimum absolute atomic E-state index is 0.149. The van der Waals surface area contributed by atoms with E-state index in [1.54, 1.807) is 0 Å². The average Bonchev–Trinajstić information content (AvgIpc) is 2.47. The van der Waals surface area contributed by atoms with Crippen LogP contribution in [0.1, 0.15) is 32.4 Å². The highest BCUT2D eigenvalue weighted by atomic mass is 32.1. The molecule has 0 aliphatic heterocycles. The molecular formula is C18H22N2OS. The van der Waals surface area contributed by atoms with Gasteiger partial charge in [-0.15, -0.1) is 0 Å². The van der Waals surface area contributed by atoms with Gasteiger partial charge in [0.05, 0.1) is 12.1 Å². The lowest BCUT2D eigenvalue weighted by Crippen LogP contribution is -2.30. The molecule has 0 unspecified atom stereocenters. The molecule has 0 radical (unpaired) electrons. The fourth-order valence-corrected chi connectivity index (χ4v) is 2.40. The van der Waals surface area contributed by atoms with Crippen molar-refractivity contribution in [3.05, 3.63) is 60.2 Å². The Bertz CT molecular complexity index is 613. The van der Waals surface area contributed by atoms with Gasteiger partial charge in [0, 0.05) is 11.8 Å². The molecule has 4 heteroatoms. The highest BCUT2D eigenvalue weighted by Gasteiger charge is 2.07. The minimum Gasteiger partial charge on any atom is -0.491 e. The zero-order valence-corrected chi connectivity index (χ0v) is 14.0. The molecule has 0 bridgehead atoms. The van der Waals surface area contributed by atoms with Crippen LogP contribution in [0.2, 0.25) is 0 Å². The summed E-state index contributed by atoms with van der Waals surface area (Å²) in [4.78, 5) is 0. The normalized spacial score (nSPS) is 11.8. The summed E-state index contributed by atoms with van der Waals surface area (Å²) in [6, 6.07) is 18.2. The topological polar surface area (TPSA) is 33.3 Å². The summed E-state index contributed by atoms with van der Waals surface area (Å²) in [7, 11) is 0. The standard InChI is InChI=1S/C18H22N2OS/c1-13(2)21-17-11-7-10-16(12-17)20-18(22)19-14(3)15-8-5-4-6-9-15/h4-14H,1-3H3,(H2,19,20,22)/t14-/m0/s1. The number of anilines is 1. The summed E-state index contributed by atoms with van der Waals surface area (Å²) in [6.07, 6.45) is 0.151. The molecule has 0 fully saturated rings. The molecule has 2 N–H and O–H groups in total. The lowest BCUT2D eigenvalue weighted by atomic mass is 10.1. The van der Waals surface area contributed by atoms with Crippen molar-refractivity contribution >= 4 is 23.0 Å². The molecule has 2 rings (SSSR count). The third-order valence-electron chi connectivity index (χ3n) is 3.11. The summed E-state index contributed by atoms with van der Waals surface area (Å²) in [5.74, 6) is 0.832. The van der Waals surface area contributed by atoms with Gasteiger partial charge in [-0.2, -0.15) is 0 Å². The maximum Gasteiger partial charge on any atom is 0.171 e. The second-order valence-corrected chi connectivity index (χ2v) is 5.83. The molecule has 0 spiro atoms. The molecule has 22 heavy (non-hydrogen) atoms. The van der Waals surface area contributed by atoms with Crippen molar-refractivity contribution in [2.45, 2.75) is 32.9 Å². The van der Waals surface area contributed by atoms with Gasteiger partial charge < -0.3 is 15.4 Å². The minimum atomic E-state index is 0.149. The zero-order chi connectivity index (χ0) is 15.9. The Morgan fingerprint density at radius 1 is 1.00 bits per heavy atom. The molecular weight excluding hydrogens is 292 g/mol. The van der Waals surface area contributed by atoms with Crippen LogP contribution in [-0.2, 0) is 0 Å². The third kappa shape index (κ3) is 5.04. The Kier molecular flexibility index (Phi) is 5.78. The van der Waals surface area contributed by atoms with E-state index < -0.39 is 0 Å². The van der Waals surface area contributed by atoms with Gasteiger partial charge in [-0.05, 0) is 50.7 Å². The smallest absolute Gasteiger partial charge is 0.171 e. The summed E-state index contributed by atoms with van der Waals surface area (Å²) in [5.41, 5.74) is 2.11. The Labute approximate surface area is 137 Å². The zero-order valence-electron chi connectivity index (χ0n) is 13.2. The van der Waals surface area contributed by atoms with E-state index in [0.29, 0.717) is 5.11 Å². The van der Waals surface area contributed by atoms with Gasteiger partial charge in [-0.1, -0.05) is 36.4 Å². The summed E-state index contributed by atoms with van der Waals surface area (Å²) < 4.78 is 5.68. The maximum atomic E-state index is 5.68. The van der Waals surface area contributed by atoms with E-state index in [1.165, 1.54) is 5.56 Å². The van der Waals surface area contributed by atoms with Crippen molar-refractivity contribution in [2.75, 3.05) is 5.32 Å². The second-order valence-electron chi connectivity index (χ2n) is 5.43. The van der Waals surface area contributed by atoms with Crippen molar-refractivity contribution < 1.29 is 4.74 Å². The summed E-state index contributed by atoms with van der Waals surface area (Å²) in [6.45, 7) is 6.10. The van der Waals surface area contributed by atoms with E-state index in [0.717, 1.165) is 11.4 Å². The van der Waals surface area contributed by atoms with Crippen LogP contribution in [0.3, 0.4) is 0 Å². The van der Waals surface area contributed by atoms with Crippen molar-refractivity contribution in [1.82, 2.24) is 5.32 Å². The van der Waals surface area contributed by atoms with Gasteiger partial charge in [-0.3, -0.25) is 0 Å². The number of ether oxygens (including phenoxy) is 1. The summed E-state index contributed by atoms with van der Waals surface area (Å²) in [5, 5.41) is 7.08. The molecule has 2 aromatic rings. The molecule has 0 heterocycles. The van der Waals surface area contributed by atoms with E-state index in [2.05, 4.69) is 29.7 Å². The highest BCUT2D eigenvalue weighted by molar-refractivity contribution is 7.80. The van der Waals surface area contributed by atoms with Crippen LogP contribution in [-0.4, -0.2) is 11.2 Å². The van der Waals surface area contributed by atoms with Crippen molar-refractivity contribution in [1.29, 1.82) is 0 Å². The maximum absolute atomic E-state index is 5.68. The van der Waals surface area contributed by atoms with Crippen molar-refractivity contribution in [3.8, 4) is 5.75 Å². The summed E-state index contributed by atoms with van der Waals surface area (Å²) >= 11 is 5.38. The first-order valence-electron chi connectivity index (χ1n) is 7.44.